The van der Waals surface area contributed by atoms with E-state index in [1.807, 2.05) is 0 Å². The van der Waals surface area contributed by atoms with Crippen LogP contribution in [0.25, 0.3) is 0 Å². The second-order valence-electron chi connectivity index (χ2n) is 5.20. The maximum absolute atomic E-state index is 11.9. The van der Waals surface area contributed by atoms with E-state index in [0.29, 0.717) is 0 Å². The number of carbonyl (C=O) groups excluding carboxylic acids is 1. The lowest BCUT2D eigenvalue weighted by Gasteiger charge is -2.30. The maximum atomic E-state index is 11.9. The minimum Gasteiger partial charge on any atom is -0.481 e. The van der Waals surface area contributed by atoms with Gasteiger partial charge in [-0.3, -0.25) is 9.59 Å². The van der Waals surface area contributed by atoms with E-state index in [0.717, 1.165) is 0 Å². The average molecular weight is 269 g/mol. The Kier molecular flexibility index (Phi) is 5.63. The van der Waals surface area contributed by atoms with Gasteiger partial charge in [0.05, 0.1) is 12.8 Å². The lowest BCUT2D eigenvalue weighted by atomic mass is 9.84. The summed E-state index contributed by atoms with van der Waals surface area (Å²) in [5.41, 5.74) is -0.535. The first kappa shape index (κ1) is 16.7. The summed E-state index contributed by atoms with van der Waals surface area (Å²) in [5, 5.41) is 11.0. The van der Waals surface area contributed by atoms with Crippen molar-refractivity contribution in [3.63, 3.8) is 0 Å². The lowest BCUT2D eigenvalue weighted by Crippen LogP contribution is -2.45. The summed E-state index contributed by atoms with van der Waals surface area (Å²) < 4.78 is 35.8. The normalized spacial score (nSPS) is 14.1. The molecule has 0 fully saturated rings. The van der Waals surface area contributed by atoms with Gasteiger partial charge in [0.15, 0.2) is 0 Å². The highest BCUT2D eigenvalue weighted by Gasteiger charge is 2.31. The summed E-state index contributed by atoms with van der Waals surface area (Å²) in [5.74, 6) is -1.89. The molecule has 18 heavy (non-hydrogen) atoms. The third-order valence-corrected chi connectivity index (χ3v) is 2.39. The number of carbonyl (C=O) groups is 2. The van der Waals surface area contributed by atoms with Crippen LogP contribution in [0.2, 0.25) is 0 Å². The third-order valence-electron chi connectivity index (χ3n) is 2.39. The van der Waals surface area contributed by atoms with Crippen LogP contribution in [0, 0.1) is 5.41 Å². The van der Waals surface area contributed by atoms with E-state index in [1.165, 1.54) is 0 Å². The predicted octanol–water partition coefficient (Wildman–Crippen LogP) is 2.33. The van der Waals surface area contributed by atoms with Gasteiger partial charge in [-0.2, -0.15) is 13.2 Å². The zero-order valence-corrected chi connectivity index (χ0v) is 10.6. The molecule has 1 amide bonds. The van der Waals surface area contributed by atoms with Gasteiger partial charge < -0.3 is 10.4 Å². The summed E-state index contributed by atoms with van der Waals surface area (Å²) in [7, 11) is 0. The molecule has 2 N–H and O–H groups in total. The molecule has 106 valence electrons. The molecule has 1 atom stereocenters. The number of halogens is 3. The Balaban J connectivity index is 4.41. The topological polar surface area (TPSA) is 66.4 Å². The number of rotatable bonds is 5. The fourth-order valence-corrected chi connectivity index (χ4v) is 1.27. The van der Waals surface area contributed by atoms with E-state index in [9.17, 15) is 22.8 Å². The predicted molar refractivity (Wildman–Crippen MR) is 58.9 cm³/mol. The van der Waals surface area contributed by atoms with E-state index in [1.54, 1.807) is 20.8 Å². The molecule has 7 heteroatoms. The third kappa shape index (κ3) is 7.92. The van der Waals surface area contributed by atoms with Gasteiger partial charge in [0.2, 0.25) is 5.91 Å². The number of alkyl halides is 3. The van der Waals surface area contributed by atoms with E-state index in [2.05, 4.69) is 5.32 Å². The summed E-state index contributed by atoms with van der Waals surface area (Å²) in [4.78, 5) is 21.9. The van der Waals surface area contributed by atoms with E-state index in [4.69, 9.17) is 5.11 Å². The first-order valence-corrected chi connectivity index (χ1v) is 5.50. The van der Waals surface area contributed by atoms with Crippen LogP contribution in [0.3, 0.4) is 0 Å². The highest BCUT2D eigenvalue weighted by molar-refractivity contribution is 5.77. The largest absolute Gasteiger partial charge is 0.481 e. The minimum atomic E-state index is -4.39. The summed E-state index contributed by atoms with van der Waals surface area (Å²) in [6, 6.07) is -0.698. The maximum Gasteiger partial charge on any atom is 0.389 e. The summed E-state index contributed by atoms with van der Waals surface area (Å²) >= 11 is 0. The van der Waals surface area contributed by atoms with Crippen LogP contribution in [-0.4, -0.2) is 29.2 Å². The number of hydrogen-bond donors (Lipinski definition) is 2. The fourth-order valence-electron chi connectivity index (χ4n) is 1.27. The van der Waals surface area contributed by atoms with Gasteiger partial charge in [-0.25, -0.2) is 0 Å². The van der Waals surface area contributed by atoms with Crippen molar-refractivity contribution in [2.45, 2.75) is 52.3 Å². The number of amides is 1. The second kappa shape index (κ2) is 6.06. The van der Waals surface area contributed by atoms with Crippen molar-refractivity contribution in [1.29, 1.82) is 0 Å². The number of carboxylic acid groups (broad SMARTS) is 1. The van der Waals surface area contributed by atoms with Crippen molar-refractivity contribution in [1.82, 2.24) is 5.32 Å². The average Bonchev–Trinajstić information content (AvgIpc) is 2.10. The standard InChI is InChI=1S/C11H18F3NO3/c1-10(2,3)7(6-9(17)18)15-8(16)4-5-11(12,13)14/h7H,4-6H2,1-3H3,(H,15,16)(H,17,18). The van der Waals surface area contributed by atoms with Gasteiger partial charge in [-0.15, -0.1) is 0 Å². The zero-order valence-electron chi connectivity index (χ0n) is 10.6. The van der Waals surface area contributed by atoms with Gasteiger partial charge in [0.1, 0.15) is 0 Å². The van der Waals surface area contributed by atoms with Crippen LogP contribution >= 0.6 is 0 Å². The van der Waals surface area contributed by atoms with Crippen LogP contribution < -0.4 is 5.32 Å². The lowest BCUT2D eigenvalue weighted by molar-refractivity contribution is -0.145. The van der Waals surface area contributed by atoms with Crippen molar-refractivity contribution in [2.75, 3.05) is 0 Å². The van der Waals surface area contributed by atoms with Gasteiger partial charge in [0.25, 0.3) is 0 Å². The molecule has 0 aromatic heterocycles. The van der Waals surface area contributed by atoms with Crippen LogP contribution in [0.1, 0.15) is 40.0 Å². The zero-order chi connectivity index (χ0) is 14.6. The molecular formula is C11H18F3NO3. The molecule has 4 nitrogen and oxygen atoms in total. The second-order valence-corrected chi connectivity index (χ2v) is 5.20. The SMILES string of the molecule is CC(C)(C)C(CC(=O)O)NC(=O)CCC(F)(F)F. The molecule has 1 unspecified atom stereocenters. The molecule has 0 aromatic rings. The number of hydrogen-bond acceptors (Lipinski definition) is 2. The molecule has 0 rings (SSSR count). The highest BCUT2D eigenvalue weighted by atomic mass is 19.4. The molecular weight excluding hydrogens is 251 g/mol. The monoisotopic (exact) mass is 269 g/mol. The quantitative estimate of drug-likeness (QED) is 0.805. The summed E-state index contributed by atoms with van der Waals surface area (Å²) in [6.45, 7) is 5.14. The van der Waals surface area contributed by atoms with Crippen molar-refractivity contribution < 1.29 is 27.9 Å². The number of carboxylic acids is 1. The van der Waals surface area contributed by atoms with Crippen molar-refractivity contribution in [3.8, 4) is 0 Å². The van der Waals surface area contributed by atoms with Crippen molar-refractivity contribution >= 4 is 11.9 Å². The Labute approximate surface area is 104 Å². The molecule has 0 aliphatic carbocycles. The smallest absolute Gasteiger partial charge is 0.389 e. The van der Waals surface area contributed by atoms with Gasteiger partial charge in [-0.1, -0.05) is 20.8 Å². The molecule has 0 aliphatic rings. The Morgan fingerprint density at radius 2 is 1.72 bits per heavy atom. The Morgan fingerprint density at radius 3 is 2.06 bits per heavy atom. The molecule has 0 aromatic carbocycles. The minimum absolute atomic E-state index is 0.318. The Hall–Kier alpha value is -1.27. The van der Waals surface area contributed by atoms with Crippen molar-refractivity contribution in [2.24, 2.45) is 5.41 Å². The first-order valence-electron chi connectivity index (χ1n) is 5.50. The molecule has 0 saturated heterocycles. The number of nitrogens with one attached hydrogen (secondary N) is 1. The van der Waals surface area contributed by atoms with Crippen molar-refractivity contribution in [3.05, 3.63) is 0 Å². The molecule has 0 heterocycles. The summed E-state index contributed by atoms with van der Waals surface area (Å²) in [6.07, 6.45) is -6.60. The molecule has 0 saturated carbocycles. The fraction of sp³-hybridized carbons (Fsp3) is 0.818. The van der Waals surface area contributed by atoms with Crippen LogP contribution in [0.5, 0.6) is 0 Å². The molecule has 0 aliphatic heterocycles. The van der Waals surface area contributed by atoms with Gasteiger partial charge >= 0.3 is 12.1 Å². The van der Waals surface area contributed by atoms with Gasteiger partial charge in [-0.05, 0) is 5.41 Å². The molecule has 0 spiro atoms. The first-order chi connectivity index (χ1) is 7.92. The van der Waals surface area contributed by atoms with Crippen LogP contribution in [-0.2, 0) is 9.59 Å². The molecule has 0 radical (unpaired) electrons. The Bertz CT molecular complexity index is 308. The number of aliphatic carboxylic acids is 1. The Morgan fingerprint density at radius 1 is 1.22 bits per heavy atom. The highest BCUT2D eigenvalue weighted by Crippen LogP contribution is 2.24. The van der Waals surface area contributed by atoms with E-state index in [-0.39, 0.29) is 6.42 Å². The van der Waals surface area contributed by atoms with Crippen LogP contribution in [0.15, 0.2) is 0 Å². The van der Waals surface area contributed by atoms with E-state index >= 15 is 0 Å². The molecule has 0 bridgehead atoms. The van der Waals surface area contributed by atoms with E-state index < -0.39 is 42.4 Å². The van der Waals surface area contributed by atoms with Crippen LogP contribution in [0.4, 0.5) is 13.2 Å². The van der Waals surface area contributed by atoms with Gasteiger partial charge in [0, 0.05) is 12.5 Å².